The number of methoxy groups -OCH3 is 1. The monoisotopic (exact) mass is 392 g/mol. The molecule has 0 aliphatic carbocycles. The number of hydrogen-bond donors (Lipinski definition) is 3. The average molecular weight is 392 g/mol. The zero-order chi connectivity index (χ0) is 19.6. The van der Waals surface area contributed by atoms with Gasteiger partial charge in [-0.1, -0.05) is 6.92 Å². The van der Waals surface area contributed by atoms with Gasteiger partial charge >= 0.3 is 13.3 Å². The van der Waals surface area contributed by atoms with Crippen LogP contribution in [0.5, 0.6) is 0 Å². The molecule has 1 aromatic heterocycles. The topological polar surface area (TPSA) is 140 Å². The van der Waals surface area contributed by atoms with E-state index < -0.39 is 49.3 Å². The van der Waals surface area contributed by atoms with Crippen molar-refractivity contribution < 1.29 is 28.6 Å². The lowest BCUT2D eigenvalue weighted by Gasteiger charge is -2.28. The number of nitrogens with one attached hydrogen (secondary N) is 1. The summed E-state index contributed by atoms with van der Waals surface area (Å²) >= 11 is 0. The third-order valence-corrected chi connectivity index (χ3v) is 5.19. The van der Waals surface area contributed by atoms with Crippen LogP contribution in [0.4, 0.5) is 0 Å². The van der Waals surface area contributed by atoms with E-state index in [1.54, 1.807) is 6.92 Å². The van der Waals surface area contributed by atoms with Crippen LogP contribution in [0.1, 0.15) is 27.0 Å². The number of H-pyrrole nitrogens is 1. The first-order valence-electron chi connectivity index (χ1n) is 8.23. The van der Waals surface area contributed by atoms with Crippen LogP contribution in [0, 0.1) is 5.92 Å². The predicted molar refractivity (Wildman–Crippen MR) is 92.1 cm³/mol. The van der Waals surface area contributed by atoms with Gasteiger partial charge in [-0.05, 0) is 19.8 Å². The molecule has 1 aromatic rings. The van der Waals surface area contributed by atoms with Crippen molar-refractivity contribution in [2.24, 2.45) is 5.92 Å². The summed E-state index contributed by atoms with van der Waals surface area (Å²) in [5.74, 6) is -0.555. The molecule has 148 valence electrons. The van der Waals surface area contributed by atoms with Gasteiger partial charge in [0, 0.05) is 19.4 Å². The minimum atomic E-state index is -4.26. The van der Waals surface area contributed by atoms with Gasteiger partial charge < -0.3 is 24.0 Å². The lowest BCUT2D eigenvalue weighted by atomic mass is 9.99. The average Bonchev–Trinajstić information content (AvgIpc) is 2.83. The SMILES string of the molecule is COC1[C@@H](OC(C)C)[C@@H](C(C)CP(=O)(O)O)O[C@H]1n1ccc(=O)[nH]c1=O. The highest BCUT2D eigenvalue weighted by molar-refractivity contribution is 7.51. The molecule has 1 fully saturated rings. The summed E-state index contributed by atoms with van der Waals surface area (Å²) < 4.78 is 29.9. The van der Waals surface area contributed by atoms with E-state index in [0.717, 1.165) is 0 Å². The van der Waals surface area contributed by atoms with E-state index in [2.05, 4.69) is 4.98 Å². The first-order chi connectivity index (χ1) is 12.0. The van der Waals surface area contributed by atoms with Crippen molar-refractivity contribution in [3.8, 4) is 0 Å². The van der Waals surface area contributed by atoms with E-state index in [1.807, 2.05) is 13.8 Å². The molecule has 11 heteroatoms. The largest absolute Gasteiger partial charge is 0.374 e. The molecule has 10 nitrogen and oxygen atoms in total. The van der Waals surface area contributed by atoms with E-state index in [4.69, 9.17) is 14.2 Å². The molecule has 3 N–H and O–H groups in total. The normalized spacial score (nSPS) is 27.8. The quantitative estimate of drug-likeness (QED) is 0.553. The van der Waals surface area contributed by atoms with E-state index in [0.29, 0.717) is 0 Å². The fourth-order valence-corrected chi connectivity index (χ4v) is 4.13. The van der Waals surface area contributed by atoms with Gasteiger partial charge in [0.05, 0.1) is 18.4 Å². The molecule has 0 saturated carbocycles. The number of aromatic nitrogens is 2. The maximum absolute atomic E-state index is 12.1. The summed E-state index contributed by atoms with van der Waals surface area (Å²) in [6, 6.07) is 1.18. The Labute approximate surface area is 150 Å². The lowest BCUT2D eigenvalue weighted by molar-refractivity contribution is -0.0844. The highest BCUT2D eigenvalue weighted by Crippen LogP contribution is 2.43. The van der Waals surface area contributed by atoms with Crippen LogP contribution in [0.25, 0.3) is 0 Å². The Bertz CT molecular complexity index is 769. The van der Waals surface area contributed by atoms with E-state index in [9.17, 15) is 23.9 Å². The molecule has 0 amide bonds. The fourth-order valence-electron chi connectivity index (χ4n) is 3.17. The van der Waals surface area contributed by atoms with E-state index >= 15 is 0 Å². The number of aromatic amines is 1. The molecule has 1 saturated heterocycles. The van der Waals surface area contributed by atoms with Crippen LogP contribution in [-0.2, 0) is 18.8 Å². The Kier molecular flexibility index (Phi) is 6.60. The Morgan fingerprint density at radius 3 is 2.46 bits per heavy atom. The zero-order valence-electron chi connectivity index (χ0n) is 15.1. The summed E-state index contributed by atoms with van der Waals surface area (Å²) in [7, 11) is -2.83. The van der Waals surface area contributed by atoms with Crippen molar-refractivity contribution in [2.75, 3.05) is 13.3 Å². The molecule has 1 aliphatic heterocycles. The van der Waals surface area contributed by atoms with Crippen LogP contribution in [0.2, 0.25) is 0 Å². The molecular weight excluding hydrogens is 367 g/mol. The highest BCUT2D eigenvalue weighted by atomic mass is 31.2. The standard InChI is InChI=1S/C15H25N2O8P/c1-8(2)24-12-11(9(3)7-26(20,21)22)25-14(13(12)23-4)17-6-5-10(18)16-15(17)19/h5-6,8-9,11-14H,7H2,1-4H3,(H,16,18,19)(H2,20,21,22)/t9?,11-,12+,13?,14-/m1/s1. The van der Waals surface area contributed by atoms with Gasteiger partial charge in [0.2, 0.25) is 0 Å². The molecule has 2 heterocycles. The summed E-state index contributed by atoms with van der Waals surface area (Å²) in [5, 5.41) is 0. The number of rotatable bonds is 7. The van der Waals surface area contributed by atoms with Gasteiger partial charge in [-0.2, -0.15) is 0 Å². The zero-order valence-corrected chi connectivity index (χ0v) is 16.0. The van der Waals surface area contributed by atoms with Crippen molar-refractivity contribution in [3.63, 3.8) is 0 Å². The summed E-state index contributed by atoms with van der Waals surface area (Å²) in [5.41, 5.74) is -1.21. The van der Waals surface area contributed by atoms with Crippen LogP contribution < -0.4 is 11.2 Å². The molecule has 0 radical (unpaired) electrons. The third-order valence-electron chi connectivity index (χ3n) is 4.14. The molecule has 2 rings (SSSR count). The second-order valence-corrected chi connectivity index (χ2v) is 8.38. The molecule has 1 aliphatic rings. The Balaban J connectivity index is 2.40. The van der Waals surface area contributed by atoms with Crippen molar-refractivity contribution in [1.82, 2.24) is 9.55 Å². The maximum Gasteiger partial charge on any atom is 0.330 e. The molecular formula is C15H25N2O8P. The molecule has 0 spiro atoms. The second kappa shape index (κ2) is 8.16. The van der Waals surface area contributed by atoms with E-state index in [-0.39, 0.29) is 12.3 Å². The lowest BCUT2D eigenvalue weighted by Crippen LogP contribution is -2.42. The predicted octanol–water partition coefficient (Wildman–Crippen LogP) is 0.0564. The Hall–Kier alpha value is -1.29. The minimum Gasteiger partial charge on any atom is -0.374 e. The van der Waals surface area contributed by atoms with Gasteiger partial charge in [0.1, 0.15) is 12.2 Å². The van der Waals surface area contributed by atoms with Crippen LogP contribution >= 0.6 is 7.60 Å². The van der Waals surface area contributed by atoms with Crippen molar-refractivity contribution in [3.05, 3.63) is 33.1 Å². The number of hydrogen-bond acceptors (Lipinski definition) is 6. The molecule has 2 unspecified atom stereocenters. The summed E-state index contributed by atoms with van der Waals surface area (Å²) in [6.07, 6.45) is -2.26. The minimum absolute atomic E-state index is 0.197. The van der Waals surface area contributed by atoms with Crippen LogP contribution in [0.15, 0.2) is 21.9 Å². The second-order valence-electron chi connectivity index (χ2n) is 6.68. The van der Waals surface area contributed by atoms with Crippen molar-refractivity contribution >= 4 is 7.60 Å². The van der Waals surface area contributed by atoms with Gasteiger partial charge in [-0.3, -0.25) is 18.9 Å². The van der Waals surface area contributed by atoms with E-state index in [1.165, 1.54) is 23.9 Å². The first kappa shape index (κ1) is 21.0. The van der Waals surface area contributed by atoms with Gasteiger partial charge in [0.25, 0.3) is 5.56 Å². The Morgan fingerprint density at radius 2 is 1.96 bits per heavy atom. The first-order valence-corrected chi connectivity index (χ1v) is 10.0. The van der Waals surface area contributed by atoms with Gasteiger partial charge in [-0.15, -0.1) is 0 Å². The Morgan fingerprint density at radius 1 is 1.31 bits per heavy atom. The van der Waals surface area contributed by atoms with Gasteiger partial charge in [-0.25, -0.2) is 4.79 Å². The van der Waals surface area contributed by atoms with Crippen LogP contribution in [0.3, 0.4) is 0 Å². The molecule has 0 aromatic carbocycles. The molecule has 5 atom stereocenters. The van der Waals surface area contributed by atoms with Crippen molar-refractivity contribution in [1.29, 1.82) is 0 Å². The van der Waals surface area contributed by atoms with Gasteiger partial charge in [0.15, 0.2) is 6.23 Å². The maximum atomic E-state index is 12.1. The molecule has 26 heavy (non-hydrogen) atoms. The fraction of sp³-hybridized carbons (Fsp3) is 0.733. The summed E-state index contributed by atoms with van der Waals surface area (Å²) in [6.45, 7) is 5.28. The molecule has 0 bridgehead atoms. The van der Waals surface area contributed by atoms with Crippen molar-refractivity contribution in [2.45, 2.75) is 51.4 Å². The number of nitrogens with zero attached hydrogens (tertiary/aromatic N) is 1. The van der Waals surface area contributed by atoms with Crippen LogP contribution in [-0.4, -0.2) is 57.0 Å². The summed E-state index contributed by atoms with van der Waals surface area (Å²) in [4.78, 5) is 44.1. The highest BCUT2D eigenvalue weighted by Gasteiger charge is 2.50. The third kappa shape index (κ3) is 4.91. The number of ether oxygens (including phenoxy) is 3. The smallest absolute Gasteiger partial charge is 0.330 e.